The van der Waals surface area contributed by atoms with E-state index in [9.17, 15) is 0 Å². The van der Waals surface area contributed by atoms with Crippen molar-refractivity contribution in [2.45, 2.75) is 30.5 Å². The van der Waals surface area contributed by atoms with Gasteiger partial charge in [-0.2, -0.15) is 5.26 Å². The molecule has 2 N–H and O–H groups in total. The van der Waals surface area contributed by atoms with E-state index in [0.29, 0.717) is 16.5 Å². The van der Waals surface area contributed by atoms with Gasteiger partial charge in [-0.15, -0.1) is 11.8 Å². The van der Waals surface area contributed by atoms with E-state index in [1.165, 1.54) is 0 Å². The summed E-state index contributed by atoms with van der Waals surface area (Å²) in [5.74, 6) is 0. The van der Waals surface area contributed by atoms with Gasteiger partial charge in [-0.05, 0) is 12.5 Å². The van der Waals surface area contributed by atoms with Crippen LogP contribution in [0.1, 0.15) is 25.8 Å². The average molecular weight is 207 g/mol. The highest BCUT2D eigenvalue weighted by Gasteiger charge is 2.07. The van der Waals surface area contributed by atoms with Crippen LogP contribution < -0.4 is 5.73 Å². The Morgan fingerprint density at radius 1 is 1.71 bits per heavy atom. The third kappa shape index (κ3) is 2.64. The molecule has 4 heteroatoms. The first-order valence-corrected chi connectivity index (χ1v) is 5.37. The minimum atomic E-state index is 0.498. The first-order chi connectivity index (χ1) is 6.67. The van der Waals surface area contributed by atoms with Crippen molar-refractivity contribution in [3.8, 4) is 6.07 Å². The van der Waals surface area contributed by atoms with Crippen LogP contribution >= 0.6 is 11.8 Å². The molecule has 0 aliphatic rings. The fourth-order valence-electron chi connectivity index (χ4n) is 0.903. The third-order valence-electron chi connectivity index (χ3n) is 1.90. The summed E-state index contributed by atoms with van der Waals surface area (Å²) in [5.41, 5.74) is 6.87. The molecule has 1 aromatic rings. The lowest BCUT2D eigenvalue weighted by molar-refractivity contribution is 0.901. The van der Waals surface area contributed by atoms with E-state index in [4.69, 9.17) is 11.0 Å². The Hall–Kier alpha value is -1.21. The molecule has 0 aliphatic carbocycles. The van der Waals surface area contributed by atoms with Crippen molar-refractivity contribution in [1.29, 1.82) is 5.26 Å². The molecule has 0 radical (unpaired) electrons. The lowest BCUT2D eigenvalue weighted by atomic mass is 10.3. The van der Waals surface area contributed by atoms with Crippen molar-refractivity contribution in [3.63, 3.8) is 0 Å². The number of nitrogens with two attached hydrogens (primary N) is 1. The second-order valence-electron chi connectivity index (χ2n) is 3.07. The third-order valence-corrected chi connectivity index (χ3v) is 3.20. The average Bonchev–Trinajstić information content (AvgIpc) is 2.20. The molecule has 1 atom stereocenters. The number of pyridine rings is 1. The first kappa shape index (κ1) is 10.9. The van der Waals surface area contributed by atoms with Crippen molar-refractivity contribution < 1.29 is 0 Å². The van der Waals surface area contributed by atoms with Crippen molar-refractivity contribution in [2.75, 3.05) is 5.73 Å². The summed E-state index contributed by atoms with van der Waals surface area (Å²) in [4.78, 5) is 4.15. The second-order valence-corrected chi connectivity index (χ2v) is 4.49. The molecule has 0 saturated carbocycles. The van der Waals surface area contributed by atoms with Crippen LogP contribution in [0.2, 0.25) is 0 Å². The first-order valence-electron chi connectivity index (χ1n) is 4.49. The minimum Gasteiger partial charge on any atom is -0.397 e. The van der Waals surface area contributed by atoms with E-state index in [-0.39, 0.29) is 0 Å². The number of rotatable bonds is 3. The molecule has 3 nitrogen and oxygen atoms in total. The van der Waals surface area contributed by atoms with Gasteiger partial charge in [0.1, 0.15) is 11.1 Å². The number of nitrogens with zero attached hydrogens (tertiary/aromatic N) is 2. The Labute approximate surface area is 88.3 Å². The zero-order valence-electron chi connectivity index (χ0n) is 8.32. The highest BCUT2D eigenvalue weighted by atomic mass is 32.2. The number of nitriles is 1. The molecule has 1 rings (SSSR count). The Morgan fingerprint density at radius 3 is 2.93 bits per heavy atom. The number of hydrogen-bond donors (Lipinski definition) is 1. The van der Waals surface area contributed by atoms with Crippen LogP contribution in [0.4, 0.5) is 5.69 Å². The molecule has 0 spiro atoms. The normalized spacial score (nSPS) is 12.1. The largest absolute Gasteiger partial charge is 0.397 e. The Balaban J connectivity index is 2.85. The monoisotopic (exact) mass is 207 g/mol. The number of aromatic nitrogens is 1. The predicted molar refractivity (Wildman–Crippen MR) is 59.0 cm³/mol. The summed E-state index contributed by atoms with van der Waals surface area (Å²) in [6, 6.07) is 3.67. The van der Waals surface area contributed by atoms with E-state index in [1.807, 2.05) is 6.07 Å². The fourth-order valence-corrected chi connectivity index (χ4v) is 1.76. The second kappa shape index (κ2) is 4.87. The highest BCUT2D eigenvalue weighted by Crippen LogP contribution is 2.28. The molecule has 0 saturated heterocycles. The van der Waals surface area contributed by atoms with E-state index in [0.717, 1.165) is 11.4 Å². The van der Waals surface area contributed by atoms with Crippen molar-refractivity contribution >= 4 is 17.4 Å². The number of nitrogen functional groups attached to an aromatic ring is 1. The predicted octanol–water partition coefficient (Wildman–Crippen LogP) is 2.43. The smallest absolute Gasteiger partial charge is 0.119 e. The van der Waals surface area contributed by atoms with Crippen LogP contribution in [0.25, 0.3) is 0 Å². The summed E-state index contributed by atoms with van der Waals surface area (Å²) in [6.45, 7) is 4.25. The number of hydrogen-bond acceptors (Lipinski definition) is 4. The van der Waals surface area contributed by atoms with Gasteiger partial charge in [0.15, 0.2) is 0 Å². The summed E-state index contributed by atoms with van der Waals surface area (Å²) in [7, 11) is 0. The molecule has 0 aliphatic heterocycles. The molecule has 1 heterocycles. The maximum atomic E-state index is 8.63. The van der Waals surface area contributed by atoms with Crippen molar-refractivity contribution in [2.24, 2.45) is 0 Å². The van der Waals surface area contributed by atoms with E-state index < -0.39 is 0 Å². The van der Waals surface area contributed by atoms with Crippen LogP contribution in [-0.4, -0.2) is 10.2 Å². The van der Waals surface area contributed by atoms with Crippen molar-refractivity contribution in [1.82, 2.24) is 4.98 Å². The van der Waals surface area contributed by atoms with Gasteiger partial charge in [0.25, 0.3) is 0 Å². The lowest BCUT2D eigenvalue weighted by Gasteiger charge is -2.08. The van der Waals surface area contributed by atoms with Gasteiger partial charge in [-0.25, -0.2) is 4.98 Å². The standard InChI is InChI=1S/C10H13N3S/c1-3-7(2)14-10-9(12)4-8(5-11)6-13-10/h4,6-7H,3,12H2,1-2H3. The van der Waals surface area contributed by atoms with Gasteiger partial charge in [0, 0.05) is 11.4 Å². The minimum absolute atomic E-state index is 0.498. The number of thioether (sulfide) groups is 1. The van der Waals surface area contributed by atoms with Crippen LogP contribution in [0.5, 0.6) is 0 Å². The van der Waals surface area contributed by atoms with Crippen LogP contribution in [0.15, 0.2) is 17.3 Å². The van der Waals surface area contributed by atoms with E-state index >= 15 is 0 Å². The zero-order chi connectivity index (χ0) is 10.6. The molecule has 0 bridgehead atoms. The maximum absolute atomic E-state index is 8.63. The quantitative estimate of drug-likeness (QED) is 0.773. The SMILES string of the molecule is CCC(C)Sc1ncc(C#N)cc1N. The fraction of sp³-hybridized carbons (Fsp3) is 0.400. The molecule has 0 amide bonds. The molecule has 0 fully saturated rings. The van der Waals surface area contributed by atoms with Crippen molar-refractivity contribution in [3.05, 3.63) is 17.8 Å². The van der Waals surface area contributed by atoms with Crippen LogP contribution in [0, 0.1) is 11.3 Å². The maximum Gasteiger partial charge on any atom is 0.119 e. The van der Waals surface area contributed by atoms with E-state index in [2.05, 4.69) is 18.8 Å². The molecule has 14 heavy (non-hydrogen) atoms. The Bertz CT molecular complexity index is 357. The summed E-state index contributed by atoms with van der Waals surface area (Å²) < 4.78 is 0. The van der Waals surface area contributed by atoms with Gasteiger partial charge in [0.05, 0.1) is 11.3 Å². The molecule has 1 unspecified atom stereocenters. The zero-order valence-corrected chi connectivity index (χ0v) is 9.14. The summed E-state index contributed by atoms with van der Waals surface area (Å²) in [6.07, 6.45) is 2.63. The summed E-state index contributed by atoms with van der Waals surface area (Å²) >= 11 is 1.64. The van der Waals surface area contributed by atoms with Gasteiger partial charge >= 0.3 is 0 Å². The van der Waals surface area contributed by atoms with Gasteiger partial charge in [-0.3, -0.25) is 0 Å². The van der Waals surface area contributed by atoms with Crippen LogP contribution in [0.3, 0.4) is 0 Å². The molecular weight excluding hydrogens is 194 g/mol. The molecular formula is C10H13N3S. The van der Waals surface area contributed by atoms with Gasteiger partial charge in [-0.1, -0.05) is 13.8 Å². The highest BCUT2D eigenvalue weighted by molar-refractivity contribution is 8.00. The Morgan fingerprint density at radius 2 is 2.43 bits per heavy atom. The van der Waals surface area contributed by atoms with Gasteiger partial charge in [0.2, 0.25) is 0 Å². The van der Waals surface area contributed by atoms with E-state index in [1.54, 1.807) is 24.0 Å². The molecule has 74 valence electrons. The molecule has 0 aromatic carbocycles. The molecule has 1 aromatic heterocycles. The van der Waals surface area contributed by atoms with Gasteiger partial charge < -0.3 is 5.73 Å². The van der Waals surface area contributed by atoms with Crippen LogP contribution in [-0.2, 0) is 0 Å². The summed E-state index contributed by atoms with van der Waals surface area (Å²) in [5, 5.41) is 9.94. The lowest BCUT2D eigenvalue weighted by Crippen LogP contribution is -1.98. The Kier molecular flexibility index (Phi) is 3.78. The topological polar surface area (TPSA) is 62.7 Å². The number of anilines is 1.